The fourth-order valence-electron chi connectivity index (χ4n) is 4.92. The fraction of sp³-hybridized carbons (Fsp3) is 0.370. The van der Waals surface area contributed by atoms with Gasteiger partial charge >= 0.3 is 12.1 Å². The Morgan fingerprint density at radius 2 is 1.68 bits per heavy atom. The van der Waals surface area contributed by atoms with Gasteiger partial charge in [-0.2, -0.15) is 0 Å². The number of anilines is 1. The number of fused-ring (bicyclic) bond motifs is 1. The predicted octanol–water partition coefficient (Wildman–Crippen LogP) is 2.60. The molecule has 2 atom stereocenters. The van der Waals surface area contributed by atoms with Gasteiger partial charge in [0.2, 0.25) is 17.7 Å². The van der Waals surface area contributed by atoms with Crippen molar-refractivity contribution < 1.29 is 24.0 Å². The van der Waals surface area contributed by atoms with Gasteiger partial charge in [-0.15, -0.1) is 0 Å². The van der Waals surface area contributed by atoms with Crippen LogP contribution < -0.4 is 16.0 Å². The number of hydrogen-bond donors (Lipinski definition) is 3. The first-order chi connectivity index (χ1) is 17.7. The number of amides is 7. The second-order valence-electron chi connectivity index (χ2n) is 9.60. The van der Waals surface area contributed by atoms with E-state index in [0.717, 1.165) is 16.7 Å². The van der Waals surface area contributed by atoms with Crippen LogP contribution in [0.5, 0.6) is 0 Å². The van der Waals surface area contributed by atoms with Crippen molar-refractivity contribution in [3.63, 3.8) is 0 Å². The van der Waals surface area contributed by atoms with Crippen molar-refractivity contribution in [3.8, 4) is 0 Å². The van der Waals surface area contributed by atoms with Crippen molar-refractivity contribution in [1.29, 1.82) is 0 Å². The molecular formula is C27H31N5O5. The molecule has 0 bridgehead atoms. The number of nitrogens with one attached hydrogen (secondary N) is 3. The van der Waals surface area contributed by atoms with E-state index in [9.17, 15) is 24.0 Å². The van der Waals surface area contributed by atoms with Crippen LogP contribution >= 0.6 is 0 Å². The van der Waals surface area contributed by atoms with Gasteiger partial charge in [0.25, 0.3) is 0 Å². The molecule has 1 aliphatic carbocycles. The van der Waals surface area contributed by atoms with E-state index in [1.165, 1.54) is 16.8 Å². The first kappa shape index (κ1) is 25.9. The molecule has 2 aliphatic rings. The average molecular weight is 506 g/mol. The molecule has 10 nitrogen and oxygen atoms in total. The molecule has 7 amide bonds. The molecule has 37 heavy (non-hydrogen) atoms. The van der Waals surface area contributed by atoms with Gasteiger partial charge in [-0.1, -0.05) is 36.4 Å². The molecule has 0 aromatic heterocycles. The lowest BCUT2D eigenvalue weighted by Gasteiger charge is -2.41. The quantitative estimate of drug-likeness (QED) is 0.556. The van der Waals surface area contributed by atoms with E-state index in [4.69, 9.17) is 0 Å². The van der Waals surface area contributed by atoms with E-state index in [-0.39, 0.29) is 42.6 Å². The predicted molar refractivity (Wildman–Crippen MR) is 136 cm³/mol. The van der Waals surface area contributed by atoms with Crippen molar-refractivity contribution >= 4 is 35.5 Å². The van der Waals surface area contributed by atoms with Crippen LogP contribution in [0.2, 0.25) is 0 Å². The summed E-state index contributed by atoms with van der Waals surface area (Å²) in [7, 11) is 1.44. The molecule has 1 saturated heterocycles. The molecule has 1 fully saturated rings. The van der Waals surface area contributed by atoms with Gasteiger partial charge in [0, 0.05) is 24.7 Å². The molecule has 0 radical (unpaired) electrons. The number of carbonyl (C=O) groups excluding carboxylic acids is 5. The summed E-state index contributed by atoms with van der Waals surface area (Å²) in [4.78, 5) is 65.5. The van der Waals surface area contributed by atoms with Gasteiger partial charge in [0.15, 0.2) is 0 Å². The Balaban J connectivity index is 1.47. The molecular weight excluding hydrogens is 474 g/mol. The maximum atomic E-state index is 13.3. The molecule has 2 aromatic rings. The Morgan fingerprint density at radius 3 is 2.35 bits per heavy atom. The molecule has 1 heterocycles. The highest BCUT2D eigenvalue weighted by Gasteiger charge is 2.41. The molecule has 2 aromatic carbocycles. The minimum Gasteiger partial charge on any atom is -0.341 e. The minimum absolute atomic E-state index is 0.0968. The Bertz CT molecular complexity index is 1230. The van der Waals surface area contributed by atoms with E-state index < -0.39 is 18.1 Å². The Kier molecular flexibility index (Phi) is 7.56. The number of hydrogen-bond acceptors (Lipinski definition) is 5. The van der Waals surface area contributed by atoms with Crippen LogP contribution in [0.4, 0.5) is 15.3 Å². The third-order valence-corrected chi connectivity index (χ3v) is 6.74. The molecule has 4 rings (SSSR count). The van der Waals surface area contributed by atoms with E-state index in [2.05, 4.69) is 16.0 Å². The highest BCUT2D eigenvalue weighted by molar-refractivity contribution is 6.01. The Hall–Kier alpha value is -4.21. The van der Waals surface area contributed by atoms with Gasteiger partial charge in [-0.25, -0.2) is 9.59 Å². The van der Waals surface area contributed by atoms with E-state index >= 15 is 0 Å². The second kappa shape index (κ2) is 10.8. The van der Waals surface area contributed by atoms with Crippen molar-refractivity contribution in [1.82, 2.24) is 20.4 Å². The Morgan fingerprint density at radius 1 is 0.973 bits per heavy atom. The minimum atomic E-state index is -0.548. The summed E-state index contributed by atoms with van der Waals surface area (Å²) in [6.07, 6.45) is 1.06. The largest absolute Gasteiger partial charge is 0.341 e. The highest BCUT2D eigenvalue weighted by atomic mass is 16.2. The molecule has 3 N–H and O–H groups in total. The zero-order chi connectivity index (χ0) is 26.7. The standard InChI is InChI=1S/C27H31N5O5/c1-16(2)32-24(34)14-22(17-7-5-4-6-8-17)31(27(32)37)15-23(33)29-21-10-9-18-11-20(12-19(18)13-21)25(35)30-26(36)28-3/h4-10,13,16,20,22H,11-12,14-15H2,1-3H3,(H,29,33)(H2,28,30,35,36). The first-order valence-electron chi connectivity index (χ1n) is 12.3. The SMILES string of the molecule is CNC(=O)NC(=O)C1Cc2ccc(NC(=O)CN3C(=O)N(C(C)C)C(=O)CC3c3ccccc3)cc2C1. The maximum absolute atomic E-state index is 13.3. The number of nitrogens with zero attached hydrogens (tertiary/aromatic N) is 2. The summed E-state index contributed by atoms with van der Waals surface area (Å²) < 4.78 is 0. The van der Waals surface area contributed by atoms with Crippen LogP contribution in [0.25, 0.3) is 0 Å². The van der Waals surface area contributed by atoms with Crippen molar-refractivity contribution in [2.24, 2.45) is 5.92 Å². The summed E-state index contributed by atoms with van der Waals surface area (Å²) in [5, 5.41) is 7.53. The van der Waals surface area contributed by atoms with Crippen molar-refractivity contribution in [3.05, 3.63) is 65.2 Å². The van der Waals surface area contributed by atoms with E-state index in [1.54, 1.807) is 19.9 Å². The third kappa shape index (κ3) is 5.63. The zero-order valence-corrected chi connectivity index (χ0v) is 21.1. The molecule has 194 valence electrons. The van der Waals surface area contributed by atoms with Crippen LogP contribution in [-0.2, 0) is 27.2 Å². The first-order valence-corrected chi connectivity index (χ1v) is 12.3. The number of benzene rings is 2. The van der Waals surface area contributed by atoms with Crippen molar-refractivity contribution in [2.45, 2.75) is 45.2 Å². The number of carbonyl (C=O) groups is 5. The topological polar surface area (TPSA) is 128 Å². The molecule has 2 unspecified atom stereocenters. The lowest BCUT2D eigenvalue weighted by atomic mass is 9.98. The smallest absolute Gasteiger partial charge is 0.327 e. The molecule has 10 heteroatoms. The molecule has 0 saturated carbocycles. The number of rotatable bonds is 6. The zero-order valence-electron chi connectivity index (χ0n) is 21.1. The van der Waals surface area contributed by atoms with Crippen LogP contribution in [0.3, 0.4) is 0 Å². The summed E-state index contributed by atoms with van der Waals surface area (Å²) in [5.41, 5.74) is 3.24. The summed E-state index contributed by atoms with van der Waals surface area (Å²) in [5.74, 6) is -1.37. The lowest BCUT2D eigenvalue weighted by molar-refractivity contribution is -0.135. The van der Waals surface area contributed by atoms with Crippen molar-refractivity contribution in [2.75, 3.05) is 18.9 Å². The van der Waals surface area contributed by atoms with E-state index in [0.29, 0.717) is 18.5 Å². The fourth-order valence-corrected chi connectivity index (χ4v) is 4.92. The van der Waals surface area contributed by atoms with E-state index in [1.807, 2.05) is 42.5 Å². The number of urea groups is 2. The van der Waals surface area contributed by atoms with Gasteiger partial charge in [-0.3, -0.25) is 24.6 Å². The third-order valence-electron chi connectivity index (χ3n) is 6.74. The summed E-state index contributed by atoms with van der Waals surface area (Å²) >= 11 is 0. The average Bonchev–Trinajstić information content (AvgIpc) is 3.29. The van der Waals surface area contributed by atoms with Gasteiger partial charge in [-0.05, 0) is 55.5 Å². The van der Waals surface area contributed by atoms with Crippen LogP contribution in [-0.4, -0.2) is 59.2 Å². The molecule has 1 aliphatic heterocycles. The normalized spacial score (nSPS) is 19.0. The van der Waals surface area contributed by atoms with Gasteiger partial charge in [0.1, 0.15) is 6.54 Å². The maximum Gasteiger partial charge on any atom is 0.327 e. The van der Waals surface area contributed by atoms with Gasteiger partial charge < -0.3 is 15.5 Å². The summed E-state index contributed by atoms with van der Waals surface area (Å²) in [6, 6.07) is 12.7. The van der Waals surface area contributed by atoms with Crippen LogP contribution in [0.15, 0.2) is 48.5 Å². The second-order valence-corrected chi connectivity index (χ2v) is 9.60. The highest BCUT2D eigenvalue weighted by Crippen LogP contribution is 2.32. The van der Waals surface area contributed by atoms with Crippen LogP contribution in [0.1, 0.15) is 43.0 Å². The summed E-state index contributed by atoms with van der Waals surface area (Å²) in [6.45, 7) is 3.32. The molecule has 0 spiro atoms. The van der Waals surface area contributed by atoms with Crippen LogP contribution in [0, 0.1) is 5.92 Å². The van der Waals surface area contributed by atoms with Gasteiger partial charge in [0.05, 0.1) is 12.5 Å². The monoisotopic (exact) mass is 505 g/mol. The number of imide groups is 2. The Labute approximate surface area is 215 Å². The lowest BCUT2D eigenvalue weighted by Crippen LogP contribution is -2.57.